The molecule has 1 heterocycles. The third kappa shape index (κ3) is 3.91. The zero-order valence-electron chi connectivity index (χ0n) is 13.9. The molecule has 0 radical (unpaired) electrons. The molecular formula is C19H18BrN3O2. The maximum absolute atomic E-state index is 12.7. The first-order valence-electron chi connectivity index (χ1n) is 7.82. The van der Waals surface area contributed by atoms with E-state index in [9.17, 15) is 4.79 Å². The van der Waals surface area contributed by atoms with Crippen molar-refractivity contribution in [3.05, 3.63) is 70.3 Å². The molecule has 1 unspecified atom stereocenters. The van der Waals surface area contributed by atoms with Crippen molar-refractivity contribution < 1.29 is 9.53 Å². The van der Waals surface area contributed by atoms with Crippen molar-refractivity contribution in [2.24, 2.45) is 0 Å². The monoisotopic (exact) mass is 399 g/mol. The van der Waals surface area contributed by atoms with Crippen molar-refractivity contribution in [1.29, 1.82) is 0 Å². The van der Waals surface area contributed by atoms with E-state index in [0.29, 0.717) is 11.3 Å². The number of nitrogens with one attached hydrogen (secondary N) is 2. The minimum Gasteiger partial charge on any atom is -0.497 e. The van der Waals surface area contributed by atoms with Crippen molar-refractivity contribution in [1.82, 2.24) is 15.5 Å². The third-order valence-corrected chi connectivity index (χ3v) is 4.45. The molecule has 0 aliphatic carbocycles. The number of carbonyl (C=O) groups excluding carboxylic acids is 1. The lowest BCUT2D eigenvalue weighted by Gasteiger charge is -2.15. The molecule has 0 spiro atoms. The van der Waals surface area contributed by atoms with E-state index in [1.54, 1.807) is 13.3 Å². The Hall–Kier alpha value is -2.60. The number of benzene rings is 2. The quantitative estimate of drug-likeness (QED) is 0.670. The fourth-order valence-electron chi connectivity index (χ4n) is 2.57. The van der Waals surface area contributed by atoms with Crippen molar-refractivity contribution in [2.45, 2.75) is 13.0 Å². The fraction of sp³-hybridized carbons (Fsp3) is 0.158. The number of aromatic nitrogens is 2. The van der Waals surface area contributed by atoms with Crippen LogP contribution in [-0.2, 0) is 0 Å². The molecule has 6 heteroatoms. The van der Waals surface area contributed by atoms with Gasteiger partial charge in [-0.25, -0.2) is 0 Å². The van der Waals surface area contributed by atoms with Crippen LogP contribution in [0.5, 0.6) is 5.75 Å². The Kier molecular flexibility index (Phi) is 5.19. The smallest absolute Gasteiger partial charge is 0.255 e. The van der Waals surface area contributed by atoms with Gasteiger partial charge in [-0.05, 0) is 36.8 Å². The van der Waals surface area contributed by atoms with Gasteiger partial charge in [0.1, 0.15) is 5.75 Å². The van der Waals surface area contributed by atoms with Crippen LogP contribution in [0.3, 0.4) is 0 Å². The van der Waals surface area contributed by atoms with E-state index in [1.807, 2.05) is 55.5 Å². The van der Waals surface area contributed by atoms with Gasteiger partial charge in [0.05, 0.1) is 30.6 Å². The zero-order valence-corrected chi connectivity index (χ0v) is 15.5. The molecule has 1 atom stereocenters. The molecule has 0 bridgehead atoms. The maximum Gasteiger partial charge on any atom is 0.255 e. The number of rotatable bonds is 5. The van der Waals surface area contributed by atoms with Gasteiger partial charge in [-0.2, -0.15) is 5.10 Å². The molecule has 1 amide bonds. The maximum atomic E-state index is 12.7. The summed E-state index contributed by atoms with van der Waals surface area (Å²) in [6.07, 6.45) is 1.55. The normalized spacial score (nSPS) is 11.8. The van der Waals surface area contributed by atoms with Gasteiger partial charge in [0.15, 0.2) is 0 Å². The predicted molar refractivity (Wildman–Crippen MR) is 101 cm³/mol. The molecule has 0 fully saturated rings. The van der Waals surface area contributed by atoms with Gasteiger partial charge in [-0.1, -0.05) is 40.2 Å². The molecule has 5 nitrogen and oxygen atoms in total. The summed E-state index contributed by atoms with van der Waals surface area (Å²) in [6, 6.07) is 15.2. The Balaban J connectivity index is 1.78. The lowest BCUT2D eigenvalue weighted by Crippen LogP contribution is -2.26. The molecule has 0 aliphatic rings. The van der Waals surface area contributed by atoms with Gasteiger partial charge in [-0.3, -0.25) is 9.89 Å². The van der Waals surface area contributed by atoms with Gasteiger partial charge in [0.25, 0.3) is 5.91 Å². The van der Waals surface area contributed by atoms with E-state index in [2.05, 4.69) is 31.4 Å². The van der Waals surface area contributed by atoms with E-state index in [-0.39, 0.29) is 11.9 Å². The number of hydrogen-bond acceptors (Lipinski definition) is 3. The predicted octanol–water partition coefficient (Wildman–Crippen LogP) is 4.34. The van der Waals surface area contributed by atoms with Gasteiger partial charge >= 0.3 is 0 Å². The Bertz CT molecular complexity index is 874. The molecule has 1 aromatic heterocycles. The summed E-state index contributed by atoms with van der Waals surface area (Å²) in [4.78, 5) is 12.7. The van der Waals surface area contributed by atoms with Crippen LogP contribution in [0.1, 0.15) is 28.9 Å². The second-order valence-electron chi connectivity index (χ2n) is 5.64. The summed E-state index contributed by atoms with van der Waals surface area (Å²) in [6.45, 7) is 1.94. The lowest BCUT2D eigenvalue weighted by molar-refractivity contribution is 0.0940. The Morgan fingerprint density at radius 2 is 2.00 bits per heavy atom. The van der Waals surface area contributed by atoms with E-state index in [1.165, 1.54) is 0 Å². The van der Waals surface area contributed by atoms with E-state index in [0.717, 1.165) is 21.3 Å². The van der Waals surface area contributed by atoms with Crippen LogP contribution >= 0.6 is 15.9 Å². The minimum atomic E-state index is -0.174. The first-order valence-corrected chi connectivity index (χ1v) is 8.62. The first-order chi connectivity index (χ1) is 12.1. The highest BCUT2D eigenvalue weighted by Crippen LogP contribution is 2.25. The highest BCUT2D eigenvalue weighted by Gasteiger charge is 2.18. The molecule has 128 valence electrons. The summed E-state index contributed by atoms with van der Waals surface area (Å²) in [5.74, 6) is 0.612. The van der Waals surface area contributed by atoms with Crippen LogP contribution in [0.15, 0.2) is 59.2 Å². The number of hydrogen-bond donors (Lipinski definition) is 2. The van der Waals surface area contributed by atoms with Crippen molar-refractivity contribution in [3.8, 4) is 17.0 Å². The third-order valence-electron chi connectivity index (χ3n) is 3.96. The van der Waals surface area contributed by atoms with Gasteiger partial charge < -0.3 is 10.1 Å². The lowest BCUT2D eigenvalue weighted by atomic mass is 10.1. The van der Waals surface area contributed by atoms with Crippen LogP contribution in [0.4, 0.5) is 0 Å². The summed E-state index contributed by atoms with van der Waals surface area (Å²) in [5.41, 5.74) is 3.11. The van der Waals surface area contributed by atoms with Crippen LogP contribution in [0, 0.1) is 0 Å². The summed E-state index contributed by atoms with van der Waals surface area (Å²) in [5, 5.41) is 9.95. The summed E-state index contributed by atoms with van der Waals surface area (Å²) < 4.78 is 6.10. The number of aromatic amines is 1. The minimum absolute atomic E-state index is 0.135. The highest BCUT2D eigenvalue weighted by atomic mass is 79.9. The Morgan fingerprint density at radius 3 is 2.68 bits per heavy atom. The second-order valence-corrected chi connectivity index (χ2v) is 6.55. The van der Waals surface area contributed by atoms with Crippen LogP contribution in [0.2, 0.25) is 0 Å². The Morgan fingerprint density at radius 1 is 1.24 bits per heavy atom. The molecular weight excluding hydrogens is 382 g/mol. The molecule has 3 rings (SSSR count). The van der Waals surface area contributed by atoms with Gasteiger partial charge in [-0.15, -0.1) is 0 Å². The van der Waals surface area contributed by atoms with Crippen molar-refractivity contribution >= 4 is 21.8 Å². The highest BCUT2D eigenvalue weighted by molar-refractivity contribution is 9.10. The average Bonchev–Trinajstić information content (AvgIpc) is 3.11. The number of ether oxygens (including phenoxy) is 1. The zero-order chi connectivity index (χ0) is 17.8. The van der Waals surface area contributed by atoms with E-state index < -0.39 is 0 Å². The first kappa shape index (κ1) is 17.2. The molecule has 3 aromatic rings. The molecule has 2 aromatic carbocycles. The number of nitrogens with zero attached hydrogens (tertiary/aromatic N) is 1. The fourth-order valence-corrected chi connectivity index (χ4v) is 2.97. The van der Waals surface area contributed by atoms with E-state index in [4.69, 9.17) is 4.74 Å². The number of carbonyl (C=O) groups is 1. The molecule has 25 heavy (non-hydrogen) atoms. The van der Waals surface area contributed by atoms with E-state index >= 15 is 0 Å². The summed E-state index contributed by atoms with van der Waals surface area (Å²) >= 11 is 3.45. The van der Waals surface area contributed by atoms with Crippen molar-refractivity contribution in [3.63, 3.8) is 0 Å². The van der Waals surface area contributed by atoms with Crippen molar-refractivity contribution in [2.75, 3.05) is 7.11 Å². The standard InChI is InChI=1S/C19H18BrN3O2/c1-12(13-6-8-16(25-2)9-7-13)22-19(24)17-11-21-23-18(17)14-4-3-5-15(20)10-14/h3-12H,1-2H3,(H,21,23)(H,22,24). The Labute approximate surface area is 154 Å². The van der Waals surface area contributed by atoms with Crippen LogP contribution in [-0.4, -0.2) is 23.2 Å². The number of amides is 1. The topological polar surface area (TPSA) is 67.0 Å². The molecule has 0 aliphatic heterocycles. The van der Waals surface area contributed by atoms with Crippen LogP contribution in [0.25, 0.3) is 11.3 Å². The number of methoxy groups -OCH3 is 1. The summed E-state index contributed by atoms with van der Waals surface area (Å²) in [7, 11) is 1.63. The number of H-pyrrole nitrogens is 1. The van der Waals surface area contributed by atoms with Crippen LogP contribution < -0.4 is 10.1 Å². The molecule has 0 saturated heterocycles. The van der Waals surface area contributed by atoms with Gasteiger partial charge in [0.2, 0.25) is 0 Å². The SMILES string of the molecule is COc1ccc(C(C)NC(=O)c2cn[nH]c2-c2cccc(Br)c2)cc1. The average molecular weight is 400 g/mol. The second kappa shape index (κ2) is 7.53. The van der Waals surface area contributed by atoms with Gasteiger partial charge in [0, 0.05) is 10.0 Å². The number of halogens is 1. The molecule has 2 N–H and O–H groups in total. The largest absolute Gasteiger partial charge is 0.497 e. The molecule has 0 saturated carbocycles.